The van der Waals surface area contributed by atoms with Crippen LogP contribution in [-0.4, -0.2) is 3.21 Å². The number of benzene rings is 5. The average Bonchev–Trinajstić information content (AvgIpc) is 3.72. The average molecular weight is 845 g/mol. The van der Waals surface area contributed by atoms with E-state index in [9.17, 15) is 0 Å². The van der Waals surface area contributed by atoms with Crippen LogP contribution < -0.4 is 24.8 Å². The summed E-state index contributed by atoms with van der Waals surface area (Å²) in [5.41, 5.74) is 23.4. The second-order valence-electron chi connectivity index (χ2n) is 16.2. The van der Waals surface area contributed by atoms with Gasteiger partial charge in [0.2, 0.25) is 0 Å². The van der Waals surface area contributed by atoms with Crippen LogP contribution in [-0.2, 0) is 42.5 Å². The van der Waals surface area contributed by atoms with Gasteiger partial charge in [0.15, 0.2) is 0 Å². The molecule has 6 aromatic rings. The normalized spacial score (nSPS) is 11.1. The maximum absolute atomic E-state index is 3.78. The number of aryl methyl sites for hydroxylation is 7. The summed E-state index contributed by atoms with van der Waals surface area (Å²) in [5.74, 6) is 0. The van der Waals surface area contributed by atoms with Crippen molar-refractivity contribution < 1.29 is 49.0 Å². The molecule has 55 heavy (non-hydrogen) atoms. The van der Waals surface area contributed by atoms with Gasteiger partial charge >= 0.3 is 70.3 Å². The summed E-state index contributed by atoms with van der Waals surface area (Å²) in [7, 11) is 0. The third-order valence-corrected chi connectivity index (χ3v) is 11.1. The second-order valence-corrected chi connectivity index (χ2v) is 18.1. The van der Waals surface area contributed by atoms with Gasteiger partial charge in [0.05, 0.1) is 0 Å². The van der Waals surface area contributed by atoms with Crippen LogP contribution in [0.4, 0.5) is 0 Å². The van der Waals surface area contributed by atoms with E-state index in [0.29, 0.717) is 5.41 Å². The summed E-state index contributed by atoms with van der Waals surface area (Å²) in [6.07, 6.45) is 4.80. The van der Waals surface area contributed by atoms with Crippen molar-refractivity contribution in [3.8, 4) is 33.4 Å². The molecule has 0 N–H and O–H groups in total. The summed E-state index contributed by atoms with van der Waals surface area (Å²) >= 11 is 1.51. The molecule has 0 unspecified atom stereocenters. The second kappa shape index (κ2) is 20.3. The molecule has 0 atom stereocenters. The van der Waals surface area contributed by atoms with E-state index in [0.717, 1.165) is 6.42 Å². The number of hydrogen-bond acceptors (Lipinski definition) is 0. The molecule has 286 valence electrons. The first-order valence-electron chi connectivity index (χ1n) is 19.4. The van der Waals surface area contributed by atoms with Crippen molar-refractivity contribution in [2.45, 2.75) is 107 Å². The van der Waals surface area contributed by atoms with Crippen LogP contribution in [0, 0.1) is 47.6 Å². The summed E-state index contributed by atoms with van der Waals surface area (Å²) in [6, 6.07) is 41.8. The van der Waals surface area contributed by atoms with Crippen LogP contribution in [0.25, 0.3) is 33.4 Å². The van der Waals surface area contributed by atoms with Gasteiger partial charge < -0.3 is 24.8 Å². The van der Waals surface area contributed by atoms with Crippen molar-refractivity contribution in [2.75, 3.05) is 0 Å². The van der Waals surface area contributed by atoms with Crippen molar-refractivity contribution in [1.82, 2.24) is 0 Å². The van der Waals surface area contributed by atoms with Crippen molar-refractivity contribution in [2.24, 2.45) is 0 Å². The minimum atomic E-state index is 0. The maximum Gasteiger partial charge on any atom is -0.0125 e. The fourth-order valence-electron chi connectivity index (χ4n) is 7.85. The molecule has 1 aliphatic carbocycles. The third-order valence-electron chi connectivity index (χ3n) is 10.4. The fraction of sp³-hybridized carbons (Fsp3) is 0.308. The van der Waals surface area contributed by atoms with Gasteiger partial charge in [-0.3, -0.25) is 0 Å². The first kappa shape index (κ1) is 46.2. The largest absolute Gasteiger partial charge is 1.00 e. The van der Waals surface area contributed by atoms with Gasteiger partial charge in [-0.05, 0) is 75.8 Å². The molecular formula is C52H58Cl2Zr-2. The predicted octanol–water partition coefficient (Wildman–Crippen LogP) is 8.07. The smallest absolute Gasteiger partial charge is 0.0125 e. The Morgan fingerprint density at radius 1 is 0.709 bits per heavy atom. The van der Waals surface area contributed by atoms with E-state index in [4.69, 9.17) is 0 Å². The zero-order valence-electron chi connectivity index (χ0n) is 34.9. The van der Waals surface area contributed by atoms with Gasteiger partial charge in [0.25, 0.3) is 0 Å². The monoisotopic (exact) mass is 842 g/mol. The molecule has 0 amide bonds. The molecule has 0 spiro atoms. The van der Waals surface area contributed by atoms with Crippen molar-refractivity contribution in [3.05, 3.63) is 170 Å². The molecule has 0 fully saturated rings. The number of halogens is 2. The molecule has 0 radical (unpaired) electrons. The topological polar surface area (TPSA) is 0 Å². The Labute approximate surface area is 360 Å². The van der Waals surface area contributed by atoms with E-state index >= 15 is 0 Å². The Bertz CT molecular complexity index is 2060. The number of hydrogen-bond donors (Lipinski definition) is 0. The predicted molar refractivity (Wildman–Crippen MR) is 228 cm³/mol. The molecule has 6 aromatic carbocycles. The standard InChI is InChI=1S/C31H29.C13H21.C8H8.2ClH.Zr/c1-18-11-20(3)30(21(4)12-18)24-7-9-28-26(15-24)17-27-16-25(8-10-29(27)28)31-22(5)13-19(2)14-23(31)6;1-5-6-7-11-8-9-12(10-11)13(2,3)4;1-2-8-6-4-3-5-7-8;;;/h7-15H,17H2,1-6H3;8-10H,5-7H2,1-4H3;3-7H,1H3;2*1H;/q2*-1;;;;+2/p-2. The Kier molecular flexibility index (Phi) is 17.0. The molecule has 0 saturated carbocycles. The van der Waals surface area contributed by atoms with Crippen LogP contribution in [0.3, 0.4) is 0 Å². The summed E-state index contributed by atoms with van der Waals surface area (Å²) in [6.45, 7) is 24.4. The van der Waals surface area contributed by atoms with E-state index in [-0.39, 0.29) is 24.8 Å². The SMILES string of the molecule is CCCCc1cc(C(C)(C)C)c[cH-]1.C[C](=[Zr+2])c1ccccc1.Cc1cc(C)c(-c2[c-]c3c(cc2)-c2ccc(-c4c(C)cc(C)cc4C)cc2C3)c(C)c1.[Cl-].[Cl-]. The minimum absolute atomic E-state index is 0. The van der Waals surface area contributed by atoms with E-state index in [2.05, 4.69) is 179 Å². The van der Waals surface area contributed by atoms with Crippen LogP contribution in [0.1, 0.15) is 109 Å². The van der Waals surface area contributed by atoms with Gasteiger partial charge in [-0.15, -0.1) is 29.3 Å². The van der Waals surface area contributed by atoms with E-state index in [1.165, 1.54) is 141 Å². The van der Waals surface area contributed by atoms with Crippen molar-refractivity contribution >= 4 is 3.21 Å². The Morgan fingerprint density at radius 3 is 1.78 bits per heavy atom. The van der Waals surface area contributed by atoms with Crippen LogP contribution in [0.5, 0.6) is 0 Å². The molecule has 3 heteroatoms. The van der Waals surface area contributed by atoms with Gasteiger partial charge in [-0.25, -0.2) is 6.07 Å². The molecule has 0 nitrogen and oxygen atoms in total. The Morgan fingerprint density at radius 2 is 1.27 bits per heavy atom. The molecule has 0 bridgehead atoms. The van der Waals surface area contributed by atoms with E-state index in [1.54, 1.807) is 0 Å². The van der Waals surface area contributed by atoms with Gasteiger partial charge in [0, 0.05) is 0 Å². The molecule has 0 aliphatic heterocycles. The third kappa shape index (κ3) is 11.7. The number of unbranched alkanes of at least 4 members (excludes halogenated alkanes) is 1. The zero-order valence-corrected chi connectivity index (χ0v) is 38.9. The fourth-order valence-corrected chi connectivity index (χ4v) is 8.26. The van der Waals surface area contributed by atoms with Gasteiger partial charge in [-0.2, -0.15) is 23.3 Å². The summed E-state index contributed by atoms with van der Waals surface area (Å²) < 4.78 is 1.46. The first-order valence-corrected chi connectivity index (χ1v) is 20.6. The zero-order chi connectivity index (χ0) is 38.4. The quantitative estimate of drug-likeness (QED) is 0.149. The van der Waals surface area contributed by atoms with E-state index in [1.807, 2.05) is 6.07 Å². The number of rotatable bonds is 6. The Hall–Kier alpha value is -3.22. The number of fused-ring (bicyclic) bond motifs is 3. The summed E-state index contributed by atoms with van der Waals surface area (Å²) in [4.78, 5) is 0. The molecule has 0 heterocycles. The van der Waals surface area contributed by atoms with Gasteiger partial charge in [0.1, 0.15) is 0 Å². The molecule has 1 aliphatic rings. The van der Waals surface area contributed by atoms with Crippen LogP contribution in [0.2, 0.25) is 0 Å². The molecule has 0 saturated heterocycles. The van der Waals surface area contributed by atoms with Crippen LogP contribution in [0.15, 0.2) is 103 Å². The van der Waals surface area contributed by atoms with Gasteiger partial charge in [-0.1, -0.05) is 134 Å². The Balaban J connectivity index is 0.000000280. The first-order chi connectivity index (χ1) is 25.2. The summed E-state index contributed by atoms with van der Waals surface area (Å²) in [5, 5.41) is 0. The van der Waals surface area contributed by atoms with Crippen molar-refractivity contribution in [1.29, 1.82) is 0 Å². The van der Waals surface area contributed by atoms with E-state index < -0.39 is 0 Å². The molecule has 0 aromatic heterocycles. The minimum Gasteiger partial charge on any atom is -1.00 e. The van der Waals surface area contributed by atoms with Crippen LogP contribution >= 0.6 is 0 Å². The maximum atomic E-state index is 3.78. The molecular weight excluding hydrogens is 787 g/mol. The van der Waals surface area contributed by atoms with Crippen molar-refractivity contribution in [3.63, 3.8) is 0 Å². The molecule has 7 rings (SSSR count).